The number of nitrogens with zero attached hydrogens (tertiary/aromatic N) is 5. The van der Waals surface area contributed by atoms with Crippen molar-refractivity contribution in [3.8, 4) is 11.3 Å². The standard InChI is InChI=1S/C22H16N6O2S2/c1-11(18-25-20(29)17-14(10-31-21(17)26-18)16-8-5-9-30-16)32-22-24-15-7-4-3-6-13(15)19-23-12(2)27-28(19)22/h3-11H,1-2H3,(H,25,26,29). The molecule has 1 atom stereocenters. The van der Waals surface area contributed by atoms with Crippen LogP contribution in [0.1, 0.15) is 23.8 Å². The van der Waals surface area contributed by atoms with E-state index in [0.717, 1.165) is 22.1 Å². The van der Waals surface area contributed by atoms with Crippen LogP contribution in [0.15, 0.2) is 62.4 Å². The molecule has 0 spiro atoms. The summed E-state index contributed by atoms with van der Waals surface area (Å²) >= 11 is 2.91. The van der Waals surface area contributed by atoms with Gasteiger partial charge in [0.05, 0.1) is 22.4 Å². The number of rotatable bonds is 4. The second-order valence-electron chi connectivity index (χ2n) is 7.32. The zero-order chi connectivity index (χ0) is 21.8. The van der Waals surface area contributed by atoms with Crippen molar-refractivity contribution >= 4 is 49.9 Å². The van der Waals surface area contributed by atoms with Gasteiger partial charge in [0.1, 0.15) is 22.2 Å². The molecule has 1 unspecified atom stereocenters. The molecule has 6 rings (SSSR count). The summed E-state index contributed by atoms with van der Waals surface area (Å²) in [5, 5.41) is 8.45. The maximum atomic E-state index is 12.9. The molecule has 0 fully saturated rings. The number of aryl methyl sites for hydroxylation is 1. The first-order valence-electron chi connectivity index (χ1n) is 9.92. The molecule has 0 saturated heterocycles. The minimum absolute atomic E-state index is 0.164. The zero-order valence-electron chi connectivity index (χ0n) is 17.1. The topological polar surface area (TPSA) is 102 Å². The average Bonchev–Trinajstić information content (AvgIpc) is 3.52. The Hall–Kier alpha value is -3.50. The Kier molecular flexibility index (Phi) is 4.37. The van der Waals surface area contributed by atoms with Gasteiger partial charge in [0, 0.05) is 16.3 Å². The average molecular weight is 461 g/mol. The highest BCUT2D eigenvalue weighted by molar-refractivity contribution is 7.99. The van der Waals surface area contributed by atoms with Crippen molar-refractivity contribution in [2.24, 2.45) is 0 Å². The lowest BCUT2D eigenvalue weighted by molar-refractivity contribution is 0.583. The molecule has 0 saturated carbocycles. The highest BCUT2D eigenvalue weighted by atomic mass is 32.2. The van der Waals surface area contributed by atoms with Crippen molar-refractivity contribution in [2.45, 2.75) is 24.3 Å². The summed E-state index contributed by atoms with van der Waals surface area (Å²) in [6, 6.07) is 11.5. The number of thiophene rings is 1. The van der Waals surface area contributed by atoms with Crippen LogP contribution in [0.3, 0.4) is 0 Å². The largest absolute Gasteiger partial charge is 0.464 e. The highest BCUT2D eigenvalue weighted by Gasteiger charge is 2.20. The van der Waals surface area contributed by atoms with Gasteiger partial charge >= 0.3 is 0 Å². The van der Waals surface area contributed by atoms with Gasteiger partial charge in [-0.15, -0.1) is 16.4 Å². The number of H-pyrrole nitrogens is 1. The summed E-state index contributed by atoms with van der Waals surface area (Å²) in [5.74, 6) is 1.91. The number of fused-ring (bicyclic) bond motifs is 4. The molecule has 5 heterocycles. The van der Waals surface area contributed by atoms with Gasteiger partial charge in [0.15, 0.2) is 10.8 Å². The van der Waals surface area contributed by atoms with Crippen LogP contribution in [0.4, 0.5) is 0 Å². The Morgan fingerprint density at radius 1 is 1.16 bits per heavy atom. The molecule has 32 heavy (non-hydrogen) atoms. The van der Waals surface area contributed by atoms with E-state index in [2.05, 4.69) is 15.1 Å². The number of para-hydroxylation sites is 1. The van der Waals surface area contributed by atoms with Gasteiger partial charge in [-0.05, 0) is 38.1 Å². The third kappa shape index (κ3) is 3.02. The third-order valence-corrected chi connectivity index (χ3v) is 7.10. The number of thioether (sulfide) groups is 1. The summed E-state index contributed by atoms with van der Waals surface area (Å²) < 4.78 is 7.23. The van der Waals surface area contributed by atoms with Crippen molar-refractivity contribution < 1.29 is 4.42 Å². The Labute approximate surface area is 189 Å². The van der Waals surface area contributed by atoms with E-state index >= 15 is 0 Å². The van der Waals surface area contributed by atoms with Crippen LogP contribution in [0.25, 0.3) is 38.1 Å². The maximum Gasteiger partial charge on any atom is 0.260 e. The normalized spacial score (nSPS) is 12.8. The van der Waals surface area contributed by atoms with Gasteiger partial charge in [-0.3, -0.25) is 4.79 Å². The van der Waals surface area contributed by atoms with Crippen LogP contribution in [0.5, 0.6) is 0 Å². The Balaban J connectivity index is 1.42. The second-order valence-corrected chi connectivity index (χ2v) is 9.49. The van der Waals surface area contributed by atoms with E-state index in [4.69, 9.17) is 14.4 Å². The molecule has 1 N–H and O–H groups in total. The fraction of sp³-hybridized carbons (Fsp3) is 0.136. The van der Waals surface area contributed by atoms with E-state index in [-0.39, 0.29) is 10.8 Å². The lowest BCUT2D eigenvalue weighted by Gasteiger charge is -2.11. The Morgan fingerprint density at radius 2 is 2.03 bits per heavy atom. The van der Waals surface area contributed by atoms with Gasteiger partial charge in [-0.25, -0.2) is 15.0 Å². The van der Waals surface area contributed by atoms with Gasteiger partial charge < -0.3 is 9.40 Å². The molecular weight excluding hydrogens is 444 g/mol. The number of benzene rings is 1. The van der Waals surface area contributed by atoms with Crippen molar-refractivity contribution in [1.29, 1.82) is 0 Å². The van der Waals surface area contributed by atoms with E-state index in [0.29, 0.717) is 32.8 Å². The van der Waals surface area contributed by atoms with Crippen molar-refractivity contribution in [2.75, 3.05) is 0 Å². The molecule has 0 bridgehead atoms. The predicted octanol–water partition coefficient (Wildman–Crippen LogP) is 5.00. The minimum Gasteiger partial charge on any atom is -0.464 e. The number of furan rings is 1. The number of aromatic amines is 1. The first-order chi connectivity index (χ1) is 15.6. The molecule has 158 valence electrons. The molecule has 10 heteroatoms. The minimum atomic E-state index is -0.182. The lowest BCUT2D eigenvalue weighted by Crippen LogP contribution is -2.12. The molecule has 0 amide bonds. The summed E-state index contributed by atoms with van der Waals surface area (Å²) in [5.41, 5.74) is 2.19. The molecule has 0 aliphatic rings. The highest BCUT2D eigenvalue weighted by Crippen LogP contribution is 2.36. The van der Waals surface area contributed by atoms with Crippen molar-refractivity contribution in [3.05, 3.63) is 70.0 Å². The number of hydrogen-bond acceptors (Lipinski definition) is 8. The summed E-state index contributed by atoms with van der Waals surface area (Å²) in [6.45, 7) is 3.85. The van der Waals surface area contributed by atoms with Gasteiger partial charge in [0.25, 0.3) is 5.56 Å². The number of nitrogens with one attached hydrogen (secondary N) is 1. The Bertz CT molecular complexity index is 1670. The second kappa shape index (κ2) is 7.28. The van der Waals surface area contributed by atoms with Crippen LogP contribution in [0.2, 0.25) is 0 Å². The third-order valence-electron chi connectivity index (χ3n) is 5.17. The fourth-order valence-electron chi connectivity index (χ4n) is 3.69. The van der Waals surface area contributed by atoms with Crippen LogP contribution in [0, 0.1) is 6.92 Å². The Morgan fingerprint density at radius 3 is 2.88 bits per heavy atom. The van der Waals surface area contributed by atoms with E-state index in [1.54, 1.807) is 16.8 Å². The van der Waals surface area contributed by atoms with Crippen LogP contribution in [-0.4, -0.2) is 29.5 Å². The SMILES string of the molecule is Cc1nc2c3ccccc3nc(SC(C)c3nc4scc(-c5ccco5)c4c(=O)[nH]3)n2n1. The molecule has 6 aromatic rings. The quantitative estimate of drug-likeness (QED) is 0.292. The zero-order valence-corrected chi connectivity index (χ0v) is 18.7. The molecule has 8 nitrogen and oxygen atoms in total. The van der Waals surface area contributed by atoms with Crippen molar-refractivity contribution in [3.63, 3.8) is 0 Å². The first-order valence-corrected chi connectivity index (χ1v) is 11.7. The van der Waals surface area contributed by atoms with E-state index in [1.807, 2.05) is 49.6 Å². The van der Waals surface area contributed by atoms with E-state index in [9.17, 15) is 4.79 Å². The molecule has 0 aliphatic carbocycles. The van der Waals surface area contributed by atoms with Gasteiger partial charge in [-0.1, -0.05) is 23.9 Å². The molecule has 0 aliphatic heterocycles. The molecule has 0 radical (unpaired) electrons. The fourth-order valence-corrected chi connectivity index (χ4v) is 5.55. The van der Waals surface area contributed by atoms with Crippen LogP contribution < -0.4 is 5.56 Å². The van der Waals surface area contributed by atoms with E-state index < -0.39 is 0 Å². The lowest BCUT2D eigenvalue weighted by atomic mass is 10.2. The number of hydrogen-bond donors (Lipinski definition) is 1. The van der Waals surface area contributed by atoms with E-state index in [1.165, 1.54) is 23.1 Å². The summed E-state index contributed by atoms with van der Waals surface area (Å²) in [6.07, 6.45) is 1.59. The summed E-state index contributed by atoms with van der Waals surface area (Å²) in [4.78, 5) is 30.7. The molecule has 5 aromatic heterocycles. The van der Waals surface area contributed by atoms with Gasteiger partial charge in [0.2, 0.25) is 0 Å². The van der Waals surface area contributed by atoms with Gasteiger partial charge in [-0.2, -0.15) is 4.52 Å². The molecule has 1 aromatic carbocycles. The monoisotopic (exact) mass is 460 g/mol. The van der Waals surface area contributed by atoms with Crippen LogP contribution in [-0.2, 0) is 0 Å². The molecular formula is C22H16N6O2S2. The number of aromatic nitrogens is 6. The first kappa shape index (κ1) is 19.2. The van der Waals surface area contributed by atoms with Crippen molar-refractivity contribution in [1.82, 2.24) is 29.5 Å². The predicted molar refractivity (Wildman–Crippen MR) is 125 cm³/mol. The van der Waals surface area contributed by atoms with Crippen LogP contribution >= 0.6 is 23.1 Å². The maximum absolute atomic E-state index is 12.9. The smallest absolute Gasteiger partial charge is 0.260 e. The summed E-state index contributed by atoms with van der Waals surface area (Å²) in [7, 11) is 0.